The largest absolute Gasteiger partial charge is 0.495 e. The number of ether oxygens (including phenoxy) is 1. The van der Waals surface area contributed by atoms with E-state index in [1.807, 2.05) is 0 Å². The van der Waals surface area contributed by atoms with Crippen molar-refractivity contribution in [1.29, 1.82) is 0 Å². The van der Waals surface area contributed by atoms with Crippen molar-refractivity contribution in [3.8, 4) is 5.75 Å². The Morgan fingerprint density at radius 1 is 1.38 bits per heavy atom. The van der Waals surface area contributed by atoms with Crippen molar-refractivity contribution >= 4 is 17.4 Å². The summed E-state index contributed by atoms with van der Waals surface area (Å²) in [6.45, 7) is 1.05. The highest BCUT2D eigenvalue weighted by Crippen LogP contribution is 2.37. The molecule has 0 saturated carbocycles. The number of carbonyl (C=O) groups is 1. The van der Waals surface area contributed by atoms with Crippen LogP contribution >= 0.6 is 11.6 Å². The lowest BCUT2D eigenvalue weighted by Crippen LogP contribution is -2.12. The van der Waals surface area contributed by atoms with E-state index in [-0.39, 0.29) is 10.8 Å². The van der Waals surface area contributed by atoms with Crippen LogP contribution in [-0.2, 0) is 6.18 Å². The van der Waals surface area contributed by atoms with Crippen molar-refractivity contribution in [3.63, 3.8) is 0 Å². The molecule has 0 atom stereocenters. The van der Waals surface area contributed by atoms with Crippen LogP contribution in [0.3, 0.4) is 0 Å². The van der Waals surface area contributed by atoms with Gasteiger partial charge in [-0.25, -0.2) is 0 Å². The van der Waals surface area contributed by atoms with Gasteiger partial charge in [-0.15, -0.1) is 0 Å². The smallest absolute Gasteiger partial charge is 0.417 e. The number of rotatable bonds is 2. The molecule has 6 heteroatoms. The highest BCUT2D eigenvalue weighted by atomic mass is 35.5. The lowest BCUT2D eigenvalue weighted by Gasteiger charge is -2.13. The van der Waals surface area contributed by atoms with Gasteiger partial charge < -0.3 is 4.74 Å². The van der Waals surface area contributed by atoms with Gasteiger partial charge in [-0.3, -0.25) is 4.79 Å². The number of hydrogen-bond acceptors (Lipinski definition) is 2. The monoisotopic (exact) mass is 252 g/mol. The summed E-state index contributed by atoms with van der Waals surface area (Å²) in [7, 11) is 1.20. The third-order valence-corrected chi connectivity index (χ3v) is 2.27. The molecule has 0 radical (unpaired) electrons. The fourth-order valence-electron chi connectivity index (χ4n) is 1.24. The minimum Gasteiger partial charge on any atom is -0.495 e. The maximum Gasteiger partial charge on any atom is 0.417 e. The third-order valence-electron chi connectivity index (χ3n) is 1.98. The van der Waals surface area contributed by atoms with Crippen molar-refractivity contribution in [2.24, 2.45) is 0 Å². The van der Waals surface area contributed by atoms with E-state index in [0.29, 0.717) is 0 Å². The van der Waals surface area contributed by atoms with Gasteiger partial charge in [-0.1, -0.05) is 11.6 Å². The summed E-state index contributed by atoms with van der Waals surface area (Å²) in [4.78, 5) is 11.1. The van der Waals surface area contributed by atoms with Crippen molar-refractivity contribution in [3.05, 3.63) is 28.3 Å². The van der Waals surface area contributed by atoms with Gasteiger partial charge in [0, 0.05) is 5.56 Å². The lowest BCUT2D eigenvalue weighted by atomic mass is 10.0. The van der Waals surface area contributed by atoms with Crippen LogP contribution in [0.5, 0.6) is 5.75 Å². The van der Waals surface area contributed by atoms with E-state index < -0.39 is 23.1 Å². The second-order valence-electron chi connectivity index (χ2n) is 3.09. The van der Waals surface area contributed by atoms with Gasteiger partial charge in [0.25, 0.3) is 0 Å². The first-order valence-corrected chi connectivity index (χ1v) is 4.61. The molecule has 0 N–H and O–H groups in total. The highest BCUT2D eigenvalue weighted by molar-refractivity contribution is 6.32. The molecule has 0 fully saturated rings. The Morgan fingerprint density at radius 3 is 2.31 bits per heavy atom. The van der Waals surface area contributed by atoms with Crippen LogP contribution < -0.4 is 4.74 Å². The maximum absolute atomic E-state index is 12.6. The van der Waals surface area contributed by atoms with Crippen molar-refractivity contribution in [2.75, 3.05) is 7.11 Å². The quantitative estimate of drug-likeness (QED) is 0.752. The SMILES string of the molecule is COc1cc(C(F)(F)F)c(C(C)=O)cc1Cl. The Balaban J connectivity index is 3.49. The van der Waals surface area contributed by atoms with Crippen molar-refractivity contribution < 1.29 is 22.7 Å². The standard InChI is InChI=1S/C10H8ClF3O2/c1-5(15)6-3-8(11)9(16-2)4-7(6)10(12,13)14/h3-4H,1-2H3. The molecule has 0 spiro atoms. The summed E-state index contributed by atoms with van der Waals surface area (Å²) in [5.41, 5.74) is -1.50. The predicted molar refractivity (Wildman–Crippen MR) is 53.0 cm³/mol. The van der Waals surface area contributed by atoms with Gasteiger partial charge in [0.05, 0.1) is 17.7 Å². The Labute approximate surface area is 95.0 Å². The van der Waals surface area contributed by atoms with Gasteiger partial charge in [-0.05, 0) is 19.1 Å². The molecule has 1 aromatic carbocycles. The van der Waals surface area contributed by atoms with Crippen LogP contribution in [-0.4, -0.2) is 12.9 Å². The minimum atomic E-state index is -4.61. The van der Waals surface area contributed by atoms with Gasteiger partial charge in [-0.2, -0.15) is 13.2 Å². The van der Waals surface area contributed by atoms with E-state index in [9.17, 15) is 18.0 Å². The van der Waals surface area contributed by atoms with Crippen LogP contribution in [0.4, 0.5) is 13.2 Å². The van der Waals surface area contributed by atoms with E-state index >= 15 is 0 Å². The third kappa shape index (κ3) is 2.47. The molecule has 0 heterocycles. The summed E-state index contributed by atoms with van der Waals surface area (Å²) in [5, 5.41) is -0.0271. The van der Waals surface area contributed by atoms with Crippen molar-refractivity contribution in [1.82, 2.24) is 0 Å². The van der Waals surface area contributed by atoms with Gasteiger partial charge in [0.1, 0.15) is 5.75 Å². The minimum absolute atomic E-state index is 0.0271. The highest BCUT2D eigenvalue weighted by Gasteiger charge is 2.35. The number of halogens is 4. The summed E-state index contributed by atoms with van der Waals surface area (Å²) >= 11 is 5.65. The van der Waals surface area contributed by atoms with Gasteiger partial charge in [0.15, 0.2) is 5.78 Å². The molecule has 88 valence electrons. The van der Waals surface area contributed by atoms with E-state index in [4.69, 9.17) is 11.6 Å². The number of carbonyl (C=O) groups excluding carboxylic acids is 1. The Bertz CT molecular complexity index is 427. The number of hydrogen-bond donors (Lipinski definition) is 0. The van der Waals surface area contributed by atoms with Crippen LogP contribution in [0.25, 0.3) is 0 Å². The topological polar surface area (TPSA) is 26.3 Å². The predicted octanol–water partition coefficient (Wildman–Crippen LogP) is 3.57. The molecule has 0 bridgehead atoms. The first-order valence-electron chi connectivity index (χ1n) is 4.23. The van der Waals surface area contributed by atoms with E-state index in [1.54, 1.807) is 0 Å². The number of ketones is 1. The molecule has 2 nitrogen and oxygen atoms in total. The zero-order chi connectivity index (χ0) is 12.5. The maximum atomic E-state index is 12.6. The van der Waals surface area contributed by atoms with Gasteiger partial charge >= 0.3 is 6.18 Å². The second-order valence-corrected chi connectivity index (χ2v) is 3.49. The summed E-state index contributed by atoms with van der Waals surface area (Å²) in [6, 6.07) is 1.69. The molecule has 0 saturated heterocycles. The average Bonchev–Trinajstić information content (AvgIpc) is 2.15. The Hall–Kier alpha value is -1.23. The molecule has 16 heavy (non-hydrogen) atoms. The van der Waals surface area contributed by atoms with Crippen LogP contribution in [0.1, 0.15) is 22.8 Å². The fraction of sp³-hybridized carbons (Fsp3) is 0.300. The second kappa shape index (κ2) is 4.33. The summed E-state index contributed by atoms with van der Waals surface area (Å²) < 4.78 is 42.5. The number of methoxy groups -OCH3 is 1. The van der Waals surface area contributed by atoms with Crippen LogP contribution in [0.15, 0.2) is 12.1 Å². The average molecular weight is 253 g/mol. The molecule has 1 aromatic rings. The first kappa shape index (κ1) is 12.8. The molecule has 0 unspecified atom stereocenters. The fourth-order valence-corrected chi connectivity index (χ4v) is 1.48. The molecular weight excluding hydrogens is 245 g/mol. The van der Waals surface area contributed by atoms with E-state index in [1.165, 1.54) is 7.11 Å². The molecular formula is C10H8ClF3O2. The zero-order valence-electron chi connectivity index (χ0n) is 8.48. The lowest BCUT2D eigenvalue weighted by molar-refractivity contribution is -0.138. The Morgan fingerprint density at radius 2 is 1.94 bits per heavy atom. The number of benzene rings is 1. The molecule has 0 amide bonds. The molecule has 0 aliphatic heterocycles. The molecule has 0 aliphatic carbocycles. The number of Topliss-reactive ketones (excluding diaryl/α,β-unsaturated/α-hetero) is 1. The zero-order valence-corrected chi connectivity index (χ0v) is 9.24. The molecule has 1 rings (SSSR count). The summed E-state index contributed by atoms with van der Waals surface area (Å²) in [5.74, 6) is -0.809. The molecule has 0 aromatic heterocycles. The first-order chi connectivity index (χ1) is 7.27. The molecule has 0 aliphatic rings. The van der Waals surface area contributed by atoms with Crippen molar-refractivity contribution in [2.45, 2.75) is 13.1 Å². The Kier molecular flexibility index (Phi) is 3.48. The van der Waals surface area contributed by atoms with Gasteiger partial charge in [0.2, 0.25) is 0 Å². The van der Waals surface area contributed by atoms with Crippen LogP contribution in [0, 0.1) is 0 Å². The number of alkyl halides is 3. The van der Waals surface area contributed by atoms with E-state index in [2.05, 4.69) is 4.74 Å². The normalized spacial score (nSPS) is 11.4. The summed E-state index contributed by atoms with van der Waals surface area (Å²) in [6.07, 6.45) is -4.61. The van der Waals surface area contributed by atoms with Crippen LogP contribution in [0.2, 0.25) is 5.02 Å². The van der Waals surface area contributed by atoms with E-state index in [0.717, 1.165) is 19.1 Å².